The van der Waals surface area contributed by atoms with Gasteiger partial charge in [-0.15, -0.1) is 0 Å². The zero-order valence-electron chi connectivity index (χ0n) is 9.94. The number of nitrogens with one attached hydrogen (secondary N) is 1. The second kappa shape index (κ2) is 4.00. The number of para-hydroxylation sites is 1. The van der Waals surface area contributed by atoms with E-state index in [1.54, 1.807) is 6.07 Å². The van der Waals surface area contributed by atoms with Gasteiger partial charge in [0.25, 0.3) is 5.56 Å². The van der Waals surface area contributed by atoms with Gasteiger partial charge in [-0.2, -0.15) is 0 Å². The average Bonchev–Trinajstić information content (AvgIpc) is 2.83. The van der Waals surface area contributed by atoms with E-state index in [1.807, 2.05) is 29.7 Å². The van der Waals surface area contributed by atoms with Crippen molar-refractivity contribution in [3.63, 3.8) is 0 Å². The summed E-state index contributed by atoms with van der Waals surface area (Å²) in [6.45, 7) is 3.90. The van der Waals surface area contributed by atoms with Gasteiger partial charge >= 0.3 is 0 Å². The molecule has 0 aliphatic carbocycles. The maximum absolute atomic E-state index is 12.2. The van der Waals surface area contributed by atoms with Crippen molar-refractivity contribution < 1.29 is 0 Å². The van der Waals surface area contributed by atoms with Gasteiger partial charge in [-0.25, -0.2) is 0 Å². The highest BCUT2D eigenvalue weighted by Crippen LogP contribution is 2.21. The molecule has 1 N–H and O–H groups in total. The summed E-state index contributed by atoms with van der Waals surface area (Å²) in [5, 5.41) is 4.50. The van der Waals surface area contributed by atoms with E-state index in [1.165, 1.54) is 5.39 Å². The summed E-state index contributed by atoms with van der Waals surface area (Å²) in [6, 6.07) is 10.2. The van der Waals surface area contributed by atoms with Gasteiger partial charge in [-0.3, -0.25) is 4.79 Å². The minimum Gasteiger partial charge on any atom is -0.315 e. The summed E-state index contributed by atoms with van der Waals surface area (Å²) in [5.41, 5.74) is 2.24. The van der Waals surface area contributed by atoms with Gasteiger partial charge in [0.2, 0.25) is 0 Å². The van der Waals surface area contributed by atoms with Crippen LogP contribution in [0.4, 0.5) is 0 Å². The van der Waals surface area contributed by atoms with Crippen molar-refractivity contribution >= 4 is 10.9 Å². The lowest BCUT2D eigenvalue weighted by Crippen LogP contribution is -2.26. The van der Waals surface area contributed by atoms with E-state index in [4.69, 9.17) is 0 Å². The van der Waals surface area contributed by atoms with Crippen LogP contribution >= 0.6 is 0 Å². The van der Waals surface area contributed by atoms with E-state index < -0.39 is 0 Å². The lowest BCUT2D eigenvalue weighted by molar-refractivity contribution is 0.547. The van der Waals surface area contributed by atoms with Crippen LogP contribution in [0.5, 0.6) is 0 Å². The Morgan fingerprint density at radius 2 is 2.18 bits per heavy atom. The van der Waals surface area contributed by atoms with Crippen LogP contribution in [0.3, 0.4) is 0 Å². The van der Waals surface area contributed by atoms with Gasteiger partial charge in [0.15, 0.2) is 0 Å². The van der Waals surface area contributed by atoms with Gasteiger partial charge in [0.05, 0.1) is 11.6 Å². The topological polar surface area (TPSA) is 34.0 Å². The first-order valence-electron chi connectivity index (χ1n) is 6.09. The lowest BCUT2D eigenvalue weighted by atomic mass is 10.1. The van der Waals surface area contributed by atoms with Crippen LogP contribution in [0.15, 0.2) is 35.1 Å². The van der Waals surface area contributed by atoms with Crippen molar-refractivity contribution in [2.45, 2.75) is 19.4 Å². The number of aryl methyl sites for hydroxylation is 1. The molecule has 3 rings (SSSR count). The quantitative estimate of drug-likeness (QED) is 0.808. The molecule has 2 aromatic rings. The number of rotatable bonds is 1. The summed E-state index contributed by atoms with van der Waals surface area (Å²) in [6.07, 6.45) is 1.03. The second-order valence-corrected chi connectivity index (χ2v) is 4.70. The summed E-state index contributed by atoms with van der Waals surface area (Å²) >= 11 is 0. The highest BCUT2D eigenvalue weighted by atomic mass is 16.1. The van der Waals surface area contributed by atoms with Crippen molar-refractivity contribution in [1.29, 1.82) is 0 Å². The van der Waals surface area contributed by atoms with Crippen molar-refractivity contribution in [3.8, 4) is 0 Å². The third-order valence-corrected chi connectivity index (χ3v) is 3.57. The Morgan fingerprint density at radius 3 is 2.94 bits per heavy atom. The molecule has 3 heteroatoms. The maximum Gasteiger partial charge on any atom is 0.251 e. The molecule has 0 spiro atoms. The smallest absolute Gasteiger partial charge is 0.251 e. The van der Waals surface area contributed by atoms with E-state index >= 15 is 0 Å². The van der Waals surface area contributed by atoms with E-state index in [0.717, 1.165) is 30.6 Å². The number of hydrogen-bond acceptors (Lipinski definition) is 2. The number of pyridine rings is 1. The molecule has 0 amide bonds. The fourth-order valence-corrected chi connectivity index (χ4v) is 2.70. The largest absolute Gasteiger partial charge is 0.315 e. The van der Waals surface area contributed by atoms with Crippen molar-refractivity contribution in [2.24, 2.45) is 0 Å². The number of benzene rings is 1. The highest BCUT2D eigenvalue weighted by molar-refractivity contribution is 5.82. The summed E-state index contributed by atoms with van der Waals surface area (Å²) < 4.78 is 1.95. The van der Waals surface area contributed by atoms with E-state index in [0.29, 0.717) is 6.04 Å². The zero-order chi connectivity index (χ0) is 11.8. The van der Waals surface area contributed by atoms with Crippen LogP contribution in [0.1, 0.15) is 18.0 Å². The molecule has 88 valence electrons. The van der Waals surface area contributed by atoms with Gasteiger partial charge in [0, 0.05) is 18.0 Å². The number of aromatic nitrogens is 1. The Hall–Kier alpha value is -1.61. The molecule has 1 aliphatic rings. The van der Waals surface area contributed by atoms with Gasteiger partial charge in [-0.1, -0.05) is 18.2 Å². The molecule has 0 radical (unpaired) electrons. The molecule has 1 unspecified atom stereocenters. The molecule has 0 saturated carbocycles. The predicted molar refractivity (Wildman–Crippen MR) is 69.5 cm³/mol. The first-order chi connectivity index (χ1) is 8.27. The second-order valence-electron chi connectivity index (χ2n) is 4.70. The van der Waals surface area contributed by atoms with Crippen LogP contribution < -0.4 is 10.9 Å². The fourth-order valence-electron chi connectivity index (χ4n) is 2.70. The molecule has 3 nitrogen and oxygen atoms in total. The first-order valence-corrected chi connectivity index (χ1v) is 6.09. The standard InChI is InChI=1S/C14H16N2O/c1-10-8-14(17)16(11-6-7-15-9-11)13-5-3-2-4-12(10)13/h2-5,8,11,15H,6-7,9H2,1H3. The average molecular weight is 228 g/mol. The van der Waals surface area contributed by atoms with Gasteiger partial charge in [-0.05, 0) is 31.5 Å². The third-order valence-electron chi connectivity index (χ3n) is 3.57. The summed E-state index contributed by atoms with van der Waals surface area (Å²) in [5.74, 6) is 0. The molecule has 1 saturated heterocycles. The molecule has 1 aromatic heterocycles. The molecule has 2 heterocycles. The van der Waals surface area contributed by atoms with Crippen LogP contribution in [-0.4, -0.2) is 17.7 Å². The monoisotopic (exact) mass is 228 g/mol. The summed E-state index contributed by atoms with van der Waals surface area (Å²) in [7, 11) is 0. The Balaban J connectivity index is 2.32. The lowest BCUT2D eigenvalue weighted by Gasteiger charge is -2.17. The highest BCUT2D eigenvalue weighted by Gasteiger charge is 2.19. The molecular formula is C14H16N2O. The Labute approximate surface area is 100 Å². The molecular weight excluding hydrogens is 212 g/mol. The van der Waals surface area contributed by atoms with E-state index in [2.05, 4.69) is 11.4 Å². The number of nitrogens with zero attached hydrogens (tertiary/aromatic N) is 1. The molecule has 17 heavy (non-hydrogen) atoms. The molecule has 1 fully saturated rings. The number of fused-ring (bicyclic) bond motifs is 1. The molecule has 1 aromatic carbocycles. The Kier molecular flexibility index (Phi) is 2.48. The van der Waals surface area contributed by atoms with Gasteiger partial charge in [0.1, 0.15) is 0 Å². The molecule has 0 bridgehead atoms. The normalized spacial score (nSPS) is 19.9. The van der Waals surface area contributed by atoms with E-state index in [-0.39, 0.29) is 5.56 Å². The van der Waals surface area contributed by atoms with Crippen molar-refractivity contribution in [1.82, 2.24) is 9.88 Å². The number of hydrogen-bond donors (Lipinski definition) is 1. The Morgan fingerprint density at radius 1 is 1.35 bits per heavy atom. The molecule has 1 aliphatic heterocycles. The third kappa shape index (κ3) is 1.67. The first kappa shape index (κ1) is 10.5. The van der Waals surface area contributed by atoms with Crippen LogP contribution in [0.25, 0.3) is 10.9 Å². The fraction of sp³-hybridized carbons (Fsp3) is 0.357. The van der Waals surface area contributed by atoms with Crippen molar-refractivity contribution in [2.75, 3.05) is 13.1 Å². The maximum atomic E-state index is 12.2. The van der Waals surface area contributed by atoms with Crippen LogP contribution in [0.2, 0.25) is 0 Å². The van der Waals surface area contributed by atoms with E-state index in [9.17, 15) is 4.79 Å². The zero-order valence-corrected chi connectivity index (χ0v) is 9.94. The van der Waals surface area contributed by atoms with Crippen molar-refractivity contribution in [3.05, 3.63) is 46.2 Å². The van der Waals surface area contributed by atoms with Crippen LogP contribution in [-0.2, 0) is 0 Å². The minimum absolute atomic E-state index is 0.120. The summed E-state index contributed by atoms with van der Waals surface area (Å²) in [4.78, 5) is 12.2. The predicted octanol–water partition coefficient (Wildman–Crippen LogP) is 1.84. The van der Waals surface area contributed by atoms with Gasteiger partial charge < -0.3 is 9.88 Å². The van der Waals surface area contributed by atoms with Crippen LogP contribution in [0, 0.1) is 6.92 Å². The molecule has 1 atom stereocenters. The minimum atomic E-state index is 0.120. The Bertz CT molecular complexity index is 609. The SMILES string of the molecule is Cc1cc(=O)n(C2CCNC2)c2ccccc12.